The second kappa shape index (κ2) is 6.55. The van der Waals surface area contributed by atoms with E-state index in [0.717, 1.165) is 44.9 Å². The van der Waals surface area contributed by atoms with Crippen molar-refractivity contribution in [2.24, 2.45) is 11.7 Å². The molecule has 2 atom stereocenters. The second-order valence-electron chi connectivity index (χ2n) is 6.00. The predicted octanol–water partition coefficient (Wildman–Crippen LogP) is 2.10. The second-order valence-corrected chi connectivity index (χ2v) is 8.17. The van der Waals surface area contributed by atoms with Gasteiger partial charge in [0.1, 0.15) is 0 Å². The number of nitrogens with two attached hydrogens (primary N) is 1. The highest BCUT2D eigenvalue weighted by Gasteiger charge is 2.40. The fourth-order valence-electron chi connectivity index (χ4n) is 3.82. The highest BCUT2D eigenvalue weighted by Crippen LogP contribution is 2.34. The standard InChI is InChI=1S/C14H28N2O2S/c1-2-16(14-10-6-3-7-12(14)11-15)19(17,18)13-8-4-5-9-13/h12-14H,2-11,15H2,1H3. The molecule has 2 rings (SSSR count). The van der Waals surface area contributed by atoms with Gasteiger partial charge in [-0.15, -0.1) is 0 Å². The first-order valence-corrected chi connectivity index (χ1v) is 9.32. The summed E-state index contributed by atoms with van der Waals surface area (Å²) in [6.07, 6.45) is 8.22. The van der Waals surface area contributed by atoms with Crippen LogP contribution < -0.4 is 5.73 Å². The first kappa shape index (κ1) is 15.3. The van der Waals surface area contributed by atoms with E-state index in [1.807, 2.05) is 6.92 Å². The van der Waals surface area contributed by atoms with Crippen LogP contribution in [0.2, 0.25) is 0 Å². The first-order chi connectivity index (χ1) is 9.11. The quantitative estimate of drug-likeness (QED) is 0.842. The summed E-state index contributed by atoms with van der Waals surface area (Å²) < 4.78 is 27.4. The summed E-state index contributed by atoms with van der Waals surface area (Å²) in [5.41, 5.74) is 5.86. The minimum Gasteiger partial charge on any atom is -0.330 e. The lowest BCUT2D eigenvalue weighted by molar-refractivity contribution is 0.186. The third kappa shape index (κ3) is 3.14. The molecule has 0 bridgehead atoms. The molecule has 0 aromatic carbocycles. The number of sulfonamides is 1. The molecule has 19 heavy (non-hydrogen) atoms. The van der Waals surface area contributed by atoms with Gasteiger partial charge in [-0.25, -0.2) is 8.42 Å². The summed E-state index contributed by atoms with van der Waals surface area (Å²) in [6, 6.07) is 0.148. The largest absolute Gasteiger partial charge is 0.330 e. The Kier molecular flexibility index (Phi) is 5.26. The predicted molar refractivity (Wildman–Crippen MR) is 78.4 cm³/mol. The lowest BCUT2D eigenvalue weighted by atomic mass is 9.84. The van der Waals surface area contributed by atoms with Crippen LogP contribution in [0.4, 0.5) is 0 Å². The van der Waals surface area contributed by atoms with Gasteiger partial charge in [0.25, 0.3) is 0 Å². The molecule has 4 nitrogen and oxygen atoms in total. The van der Waals surface area contributed by atoms with Crippen molar-refractivity contribution in [3.8, 4) is 0 Å². The minimum atomic E-state index is -3.12. The number of nitrogens with zero attached hydrogens (tertiary/aromatic N) is 1. The number of hydrogen-bond donors (Lipinski definition) is 1. The van der Waals surface area contributed by atoms with Crippen molar-refractivity contribution in [2.75, 3.05) is 13.1 Å². The Bertz CT molecular complexity index is 377. The van der Waals surface area contributed by atoms with Gasteiger partial charge >= 0.3 is 0 Å². The maximum absolute atomic E-state index is 12.8. The third-order valence-electron chi connectivity index (χ3n) is 4.90. The Morgan fingerprint density at radius 1 is 1.05 bits per heavy atom. The van der Waals surface area contributed by atoms with Crippen LogP contribution in [0.1, 0.15) is 58.3 Å². The van der Waals surface area contributed by atoms with Crippen LogP contribution in [-0.4, -0.2) is 37.1 Å². The van der Waals surface area contributed by atoms with Crippen LogP contribution in [0.25, 0.3) is 0 Å². The van der Waals surface area contributed by atoms with E-state index in [4.69, 9.17) is 5.73 Å². The van der Waals surface area contributed by atoms with Crippen LogP contribution in [0.3, 0.4) is 0 Å². The molecule has 0 radical (unpaired) electrons. The normalized spacial score (nSPS) is 30.1. The molecule has 2 unspecified atom stereocenters. The molecule has 0 saturated heterocycles. The lowest BCUT2D eigenvalue weighted by Gasteiger charge is -2.39. The molecule has 0 aromatic heterocycles. The fraction of sp³-hybridized carbons (Fsp3) is 1.00. The lowest BCUT2D eigenvalue weighted by Crippen LogP contribution is -2.50. The average molecular weight is 288 g/mol. The third-order valence-corrected chi connectivity index (χ3v) is 7.40. The van der Waals surface area contributed by atoms with E-state index in [0.29, 0.717) is 19.0 Å². The number of rotatable bonds is 5. The Balaban J connectivity index is 2.17. The monoisotopic (exact) mass is 288 g/mol. The van der Waals surface area contributed by atoms with Crippen molar-refractivity contribution in [2.45, 2.75) is 69.6 Å². The molecule has 2 fully saturated rings. The van der Waals surface area contributed by atoms with Gasteiger partial charge in [0.2, 0.25) is 10.0 Å². The molecule has 0 aromatic rings. The maximum atomic E-state index is 12.8. The summed E-state index contributed by atoms with van der Waals surface area (Å²) in [7, 11) is -3.12. The van der Waals surface area contributed by atoms with Gasteiger partial charge in [-0.2, -0.15) is 4.31 Å². The molecule has 2 saturated carbocycles. The van der Waals surface area contributed by atoms with E-state index in [1.54, 1.807) is 4.31 Å². The van der Waals surface area contributed by atoms with E-state index in [-0.39, 0.29) is 11.3 Å². The van der Waals surface area contributed by atoms with Crippen molar-refractivity contribution in [3.63, 3.8) is 0 Å². The zero-order valence-corrected chi connectivity index (χ0v) is 12.9. The van der Waals surface area contributed by atoms with Gasteiger partial charge in [0.05, 0.1) is 5.25 Å². The van der Waals surface area contributed by atoms with Crippen molar-refractivity contribution in [3.05, 3.63) is 0 Å². The average Bonchev–Trinajstić information content (AvgIpc) is 2.94. The highest BCUT2D eigenvalue weighted by molar-refractivity contribution is 7.89. The Hall–Kier alpha value is -0.130. The smallest absolute Gasteiger partial charge is 0.217 e. The van der Waals surface area contributed by atoms with E-state index in [9.17, 15) is 8.42 Å². The minimum absolute atomic E-state index is 0.132. The van der Waals surface area contributed by atoms with Crippen molar-refractivity contribution in [1.82, 2.24) is 4.31 Å². The zero-order valence-electron chi connectivity index (χ0n) is 12.1. The van der Waals surface area contributed by atoms with Crippen molar-refractivity contribution >= 4 is 10.0 Å². The van der Waals surface area contributed by atoms with Gasteiger partial charge in [0, 0.05) is 12.6 Å². The summed E-state index contributed by atoms with van der Waals surface area (Å²) >= 11 is 0. The maximum Gasteiger partial charge on any atom is 0.217 e. The summed E-state index contributed by atoms with van der Waals surface area (Å²) in [5.74, 6) is 0.352. The first-order valence-electron chi connectivity index (χ1n) is 7.82. The Morgan fingerprint density at radius 3 is 2.21 bits per heavy atom. The topological polar surface area (TPSA) is 63.4 Å². The van der Waals surface area contributed by atoms with Crippen molar-refractivity contribution in [1.29, 1.82) is 0 Å². The SMILES string of the molecule is CCN(C1CCCCC1CN)S(=O)(=O)C1CCCC1. The fourth-order valence-corrected chi connectivity index (χ4v) is 6.15. The van der Waals surface area contributed by atoms with E-state index in [2.05, 4.69) is 0 Å². The van der Waals surface area contributed by atoms with Gasteiger partial charge in [-0.05, 0) is 38.1 Å². The molecular formula is C14H28N2O2S. The van der Waals surface area contributed by atoms with Crippen LogP contribution in [0.15, 0.2) is 0 Å². The van der Waals surface area contributed by atoms with Gasteiger partial charge in [-0.3, -0.25) is 0 Å². The Morgan fingerprint density at radius 2 is 1.63 bits per heavy atom. The Labute approximate surface area is 117 Å². The molecule has 0 aliphatic heterocycles. The van der Waals surface area contributed by atoms with Crippen LogP contribution >= 0.6 is 0 Å². The molecule has 0 spiro atoms. The van der Waals surface area contributed by atoms with Crippen LogP contribution in [-0.2, 0) is 10.0 Å². The van der Waals surface area contributed by atoms with Crippen LogP contribution in [0, 0.1) is 5.92 Å². The van der Waals surface area contributed by atoms with Gasteiger partial charge in [0.15, 0.2) is 0 Å². The van der Waals surface area contributed by atoms with Gasteiger partial charge in [-0.1, -0.05) is 32.6 Å². The summed E-state index contributed by atoms with van der Waals surface area (Å²) in [6.45, 7) is 3.18. The summed E-state index contributed by atoms with van der Waals surface area (Å²) in [4.78, 5) is 0. The van der Waals surface area contributed by atoms with E-state index < -0.39 is 10.0 Å². The zero-order chi connectivity index (χ0) is 13.9. The number of hydrogen-bond acceptors (Lipinski definition) is 3. The molecule has 2 aliphatic rings. The highest BCUT2D eigenvalue weighted by atomic mass is 32.2. The molecule has 2 N–H and O–H groups in total. The summed E-state index contributed by atoms with van der Waals surface area (Å²) in [5, 5.41) is -0.132. The molecular weight excluding hydrogens is 260 g/mol. The molecule has 2 aliphatic carbocycles. The van der Waals surface area contributed by atoms with Gasteiger partial charge < -0.3 is 5.73 Å². The molecule has 5 heteroatoms. The van der Waals surface area contributed by atoms with Crippen LogP contribution in [0.5, 0.6) is 0 Å². The molecule has 0 amide bonds. The molecule has 0 heterocycles. The van der Waals surface area contributed by atoms with E-state index in [1.165, 1.54) is 6.42 Å². The van der Waals surface area contributed by atoms with E-state index >= 15 is 0 Å². The molecule has 112 valence electrons. The van der Waals surface area contributed by atoms with Crippen molar-refractivity contribution < 1.29 is 8.42 Å².